The number of pyridine rings is 4. The van der Waals surface area contributed by atoms with E-state index >= 15 is 0 Å². The third-order valence-electron chi connectivity index (χ3n) is 14.0. The molecule has 8 bridgehead atoms. The van der Waals surface area contributed by atoms with Gasteiger partial charge >= 0.3 is 19.5 Å². The number of fused-ring (bicyclic) bond motifs is 8. The van der Waals surface area contributed by atoms with Crippen LogP contribution in [0.25, 0.3) is 86.0 Å². The van der Waals surface area contributed by atoms with Crippen LogP contribution in [-0.4, -0.2) is 39.5 Å². The van der Waals surface area contributed by atoms with Crippen molar-refractivity contribution in [2.24, 2.45) is 0 Å². The van der Waals surface area contributed by atoms with Crippen molar-refractivity contribution in [2.75, 3.05) is 0 Å². The van der Waals surface area contributed by atoms with Crippen molar-refractivity contribution < 1.29 is 39.0 Å². The number of rotatable bonds is 26. The molecule has 0 aliphatic carbocycles. The number of hydrogen-bond acceptors (Lipinski definition) is 6. The summed E-state index contributed by atoms with van der Waals surface area (Å²) in [5, 5.41) is 0. The fourth-order valence-corrected chi connectivity index (χ4v) is 9.99. The molecule has 406 valence electrons. The van der Waals surface area contributed by atoms with Crippen LogP contribution in [0.4, 0.5) is 0 Å². The Morgan fingerprint density at radius 3 is 1.24 bits per heavy atom. The largest absolute Gasteiger partial charge is 2.00 e. The Hall–Kier alpha value is -5.55. The van der Waals surface area contributed by atoms with Gasteiger partial charge in [-0.2, -0.15) is 12.8 Å². The van der Waals surface area contributed by atoms with Gasteiger partial charge in [0.25, 0.3) is 0 Å². The maximum atomic E-state index is 5.19. The minimum absolute atomic E-state index is 0. The van der Waals surface area contributed by atoms with E-state index in [0.717, 1.165) is 97.3 Å². The van der Waals surface area contributed by atoms with Gasteiger partial charge in [0.05, 0.1) is 56.5 Å². The maximum Gasteiger partial charge on any atom is 2.00 e. The van der Waals surface area contributed by atoms with Crippen LogP contribution in [0.5, 0.6) is 0 Å². The molecule has 0 aromatic carbocycles. The Kier molecular flexibility index (Phi) is 29.7. The molecule has 0 amide bonds. The van der Waals surface area contributed by atoms with Gasteiger partial charge in [-0.25, -0.2) is 15.0 Å². The summed E-state index contributed by atoms with van der Waals surface area (Å²) in [5.41, 5.74) is 11.8. The Morgan fingerprint density at radius 2 is 0.808 bits per heavy atom. The summed E-state index contributed by atoms with van der Waals surface area (Å²) in [4.78, 5) is 33.3. The third-order valence-corrected chi connectivity index (χ3v) is 14.0. The maximum absolute atomic E-state index is 5.19. The second-order valence-electron chi connectivity index (χ2n) is 20.2. The van der Waals surface area contributed by atoms with Crippen molar-refractivity contribution in [2.45, 2.75) is 168 Å². The van der Waals surface area contributed by atoms with Gasteiger partial charge in [-0.1, -0.05) is 179 Å². The van der Waals surface area contributed by atoms with Crippen molar-refractivity contribution >= 4 is 46.4 Å². The van der Waals surface area contributed by atoms with E-state index < -0.39 is 0 Å². The molecule has 8 nitrogen and oxygen atoms in total. The molecule has 0 unspecified atom stereocenters. The van der Waals surface area contributed by atoms with Crippen LogP contribution in [0.3, 0.4) is 0 Å². The molecule has 9 rings (SSSR count). The van der Waals surface area contributed by atoms with Crippen molar-refractivity contribution in [1.82, 2.24) is 39.5 Å². The first-order valence-electron chi connectivity index (χ1n) is 29.0. The van der Waals surface area contributed by atoms with Gasteiger partial charge in [0.15, 0.2) is 0 Å². The monoisotopic (exact) mass is 1180 g/mol. The zero-order valence-electron chi connectivity index (χ0n) is 47.0. The quantitative estimate of drug-likeness (QED) is 0.0330. The smallest absolute Gasteiger partial charge is 0.355 e. The molecule has 0 atom stereocenters. The second kappa shape index (κ2) is 36.6. The molecule has 0 fully saturated rings. The zero-order valence-corrected chi connectivity index (χ0v) is 51.7. The molecule has 2 aliphatic rings. The number of hydrogen-bond donors (Lipinski definition) is 1. The molecule has 0 saturated heterocycles. The molecule has 10 heteroatoms. The van der Waals surface area contributed by atoms with Gasteiger partial charge in [0.2, 0.25) is 0 Å². The van der Waals surface area contributed by atoms with E-state index in [2.05, 4.69) is 49.4 Å². The van der Waals surface area contributed by atoms with E-state index in [1.165, 1.54) is 141 Å². The molecule has 7 aromatic rings. The van der Waals surface area contributed by atoms with E-state index in [9.17, 15) is 0 Å². The SMILES string of the molecule is C1=Cc2cc3c(-c4ccccn4)c(-c4ccccn4)c(c(-c4ccccn4)c4nc(cc5ccc(cc1n2)[nH]5)C=C4)n3-c1ccccn1.[CH2-]CCCCCCCCCCCCC.[CH2-]CCCCCCCCCCCCC.[Ru+2].[Zn]. The summed E-state index contributed by atoms with van der Waals surface area (Å²) < 4.78 is 2.18. The first-order chi connectivity index (χ1) is 37.6. The number of aromatic amines is 1. The van der Waals surface area contributed by atoms with Crippen LogP contribution in [0.1, 0.15) is 191 Å². The topological polar surface area (TPSA) is 98.1 Å². The van der Waals surface area contributed by atoms with Crippen LogP contribution in [0.2, 0.25) is 0 Å². The molecule has 7 aromatic heterocycles. The number of nitrogens with zero attached hydrogens (tertiary/aromatic N) is 7. The predicted molar refractivity (Wildman–Crippen MR) is 324 cm³/mol. The molecule has 2 aliphatic heterocycles. The molecule has 0 spiro atoms. The van der Waals surface area contributed by atoms with Crippen LogP contribution >= 0.6 is 0 Å². The summed E-state index contributed by atoms with van der Waals surface area (Å²) in [6.45, 7) is 12.3. The van der Waals surface area contributed by atoms with Crippen molar-refractivity contribution in [1.29, 1.82) is 0 Å². The van der Waals surface area contributed by atoms with Crippen LogP contribution in [-0.2, 0) is 39.0 Å². The summed E-state index contributed by atoms with van der Waals surface area (Å²) in [7, 11) is 0. The average Bonchev–Trinajstić information content (AvgIpc) is 4.34. The van der Waals surface area contributed by atoms with Crippen molar-refractivity contribution in [3.8, 4) is 39.6 Å². The van der Waals surface area contributed by atoms with Gasteiger partial charge in [-0.3, -0.25) is 19.5 Å². The van der Waals surface area contributed by atoms with Crippen LogP contribution in [0, 0.1) is 13.8 Å². The summed E-state index contributed by atoms with van der Waals surface area (Å²) in [5.74, 6) is 0.724. The van der Waals surface area contributed by atoms with Crippen LogP contribution < -0.4 is 0 Å². The Morgan fingerprint density at radius 1 is 0.410 bits per heavy atom. The molecule has 78 heavy (non-hydrogen) atoms. The third kappa shape index (κ3) is 19.7. The van der Waals surface area contributed by atoms with Gasteiger partial charge in [0.1, 0.15) is 5.82 Å². The minimum atomic E-state index is 0. The zero-order chi connectivity index (χ0) is 52.8. The van der Waals surface area contributed by atoms with E-state index in [1.807, 2.05) is 140 Å². The number of unbranched alkanes of at least 4 members (excludes halogenated alkanes) is 22. The summed E-state index contributed by atoms with van der Waals surface area (Å²) in [6, 6.07) is 34.1. The molecule has 1 N–H and O–H groups in total. The number of nitrogens with one attached hydrogen (secondary N) is 1. The van der Waals surface area contributed by atoms with Crippen molar-refractivity contribution in [3.05, 3.63) is 165 Å². The van der Waals surface area contributed by atoms with Crippen molar-refractivity contribution in [3.63, 3.8) is 0 Å². The van der Waals surface area contributed by atoms with Gasteiger partial charge in [-0.15, -0.1) is 0 Å². The predicted octanol–water partition coefficient (Wildman–Crippen LogP) is 19.7. The molecular formula is C68H84N8RuZn. The Bertz CT molecular complexity index is 2940. The summed E-state index contributed by atoms with van der Waals surface area (Å²) in [6.07, 6.45) is 49.1. The Labute approximate surface area is 493 Å². The van der Waals surface area contributed by atoms with E-state index in [0.29, 0.717) is 0 Å². The molecule has 0 radical (unpaired) electrons. The van der Waals surface area contributed by atoms with E-state index in [4.69, 9.17) is 29.9 Å². The van der Waals surface area contributed by atoms with Crippen LogP contribution in [0.15, 0.2) is 128 Å². The van der Waals surface area contributed by atoms with Gasteiger partial charge in [-0.05, 0) is 103 Å². The average molecular weight is 1180 g/mol. The fraction of sp³-hybridized carbons (Fsp3) is 0.382. The van der Waals surface area contributed by atoms with E-state index in [-0.39, 0.29) is 39.0 Å². The number of H-pyrrole nitrogens is 1. The minimum Gasteiger partial charge on any atom is -0.355 e. The summed E-state index contributed by atoms with van der Waals surface area (Å²) >= 11 is 0. The van der Waals surface area contributed by atoms with E-state index in [1.54, 1.807) is 0 Å². The molecule has 0 saturated carbocycles. The van der Waals surface area contributed by atoms with Gasteiger partial charge < -0.3 is 18.8 Å². The first-order valence-corrected chi connectivity index (χ1v) is 29.0. The first kappa shape index (κ1) is 63.3. The standard InChI is InChI=1S/C40H26N8.2C14H29.Ru.Zn/c1-5-19-41-31(9-1)37-34-18-17-29(47-34)24-28-14-13-26(45-28)23-27-15-16-30(46-27)25-35-38(32-10-2-6-20-42-32)39(33-11-3-7-21-43-33)40(37)48(35)36-12-4-8-22-44-36;2*1-3-5-7-9-11-13-14-12-10-8-6-4-2;;/h1-25,45H;2*1,3-14H2,2H3;;/q;2*-1;+2;. The normalized spacial score (nSPS) is 11.2. The number of aromatic nitrogens is 8. The molecule has 9 heterocycles. The Balaban J connectivity index is 0.000000311. The second-order valence-corrected chi connectivity index (χ2v) is 20.2. The fourth-order valence-electron chi connectivity index (χ4n) is 9.99. The van der Waals surface area contributed by atoms with Gasteiger partial charge in [0, 0.05) is 66.4 Å². The molecular weight excluding hydrogens is 1100 g/mol.